The molecule has 8 nitrogen and oxygen atoms in total. The van der Waals surface area contributed by atoms with E-state index in [1.54, 1.807) is 0 Å². The minimum Gasteiger partial charge on any atom is -0.378 e. The highest BCUT2D eigenvalue weighted by Crippen LogP contribution is 2.26. The zero-order chi connectivity index (χ0) is 15.5. The fourth-order valence-electron chi connectivity index (χ4n) is 1.84. The number of nitro groups is 1. The van der Waals surface area contributed by atoms with Crippen molar-refractivity contribution in [3.63, 3.8) is 0 Å². The topological polar surface area (TPSA) is 111 Å². The second-order valence-electron chi connectivity index (χ2n) is 4.45. The lowest BCUT2D eigenvalue weighted by molar-refractivity contribution is -0.384. The van der Waals surface area contributed by atoms with E-state index < -0.39 is 20.6 Å². The fourth-order valence-corrected chi connectivity index (χ4v) is 3.13. The molecule has 1 aliphatic rings. The van der Waals surface area contributed by atoms with Crippen LogP contribution >= 0.6 is 11.6 Å². The van der Waals surface area contributed by atoms with Crippen LogP contribution in [0.4, 0.5) is 5.69 Å². The van der Waals surface area contributed by atoms with Crippen molar-refractivity contribution >= 4 is 27.3 Å². The maximum atomic E-state index is 12.1. The summed E-state index contributed by atoms with van der Waals surface area (Å²) >= 11 is 5.66. The van der Waals surface area contributed by atoms with Gasteiger partial charge in [0, 0.05) is 25.2 Å². The lowest BCUT2D eigenvalue weighted by Crippen LogP contribution is -2.48. The summed E-state index contributed by atoms with van der Waals surface area (Å²) in [5.41, 5.74) is -0.446. The van der Waals surface area contributed by atoms with Gasteiger partial charge in [0.2, 0.25) is 10.0 Å². The summed E-state index contributed by atoms with van der Waals surface area (Å²) in [5, 5.41) is 13.8. The smallest absolute Gasteiger partial charge is 0.289 e. The molecule has 0 radical (unpaired) electrons. The van der Waals surface area contributed by atoms with Crippen LogP contribution in [0.5, 0.6) is 0 Å². The molecule has 1 saturated heterocycles. The maximum absolute atomic E-state index is 12.1. The van der Waals surface area contributed by atoms with Gasteiger partial charge in [-0.15, -0.1) is 0 Å². The molecule has 1 aliphatic heterocycles. The second kappa shape index (κ2) is 6.67. The number of nitrogens with one attached hydrogen (secondary N) is 2. The van der Waals surface area contributed by atoms with Gasteiger partial charge in [0.05, 0.1) is 23.0 Å². The molecule has 0 saturated carbocycles. The predicted octanol–water partition coefficient (Wildman–Crippen LogP) is 0.515. The Balaban J connectivity index is 2.11. The number of rotatable bonds is 5. The number of halogens is 1. The molecule has 10 heteroatoms. The van der Waals surface area contributed by atoms with E-state index in [-0.39, 0.29) is 22.5 Å². The normalized spacial score (nSPS) is 19.4. The van der Waals surface area contributed by atoms with Crippen LogP contribution in [0.1, 0.15) is 0 Å². The molecule has 0 amide bonds. The number of sulfonamides is 1. The molecule has 2 N–H and O–H groups in total. The Morgan fingerprint density at radius 2 is 2.29 bits per heavy atom. The van der Waals surface area contributed by atoms with Gasteiger partial charge in [-0.25, -0.2) is 13.1 Å². The molecule has 1 aromatic rings. The van der Waals surface area contributed by atoms with Gasteiger partial charge >= 0.3 is 0 Å². The molecule has 0 aliphatic carbocycles. The third-order valence-electron chi connectivity index (χ3n) is 2.94. The van der Waals surface area contributed by atoms with Crippen LogP contribution in [-0.2, 0) is 14.8 Å². The standard InChI is InChI=1S/C11H14ClN3O5S/c12-10-2-1-9(5-11(10)15(16)17)21(18,19)14-6-8-7-20-4-3-13-8/h1-2,5,8,13-14H,3-4,6-7H2. The van der Waals surface area contributed by atoms with E-state index in [0.29, 0.717) is 19.8 Å². The van der Waals surface area contributed by atoms with Crippen molar-refractivity contribution in [3.8, 4) is 0 Å². The first-order chi connectivity index (χ1) is 9.90. The first-order valence-electron chi connectivity index (χ1n) is 6.15. The van der Waals surface area contributed by atoms with Crippen LogP contribution in [0.15, 0.2) is 23.1 Å². The highest BCUT2D eigenvalue weighted by molar-refractivity contribution is 7.89. The lowest BCUT2D eigenvalue weighted by Gasteiger charge is -2.23. The van der Waals surface area contributed by atoms with E-state index in [2.05, 4.69) is 10.0 Å². The summed E-state index contributed by atoms with van der Waals surface area (Å²) in [5.74, 6) is 0. The molecule has 0 aromatic heterocycles. The van der Waals surface area contributed by atoms with Crippen molar-refractivity contribution in [1.29, 1.82) is 0 Å². The summed E-state index contributed by atoms with van der Waals surface area (Å²) < 4.78 is 31.8. The number of nitrogens with zero attached hydrogens (tertiary/aromatic N) is 1. The van der Waals surface area contributed by atoms with Crippen LogP contribution < -0.4 is 10.0 Å². The molecule has 116 valence electrons. The van der Waals surface area contributed by atoms with Crippen molar-refractivity contribution in [2.24, 2.45) is 0 Å². The molecule has 1 atom stereocenters. The third-order valence-corrected chi connectivity index (χ3v) is 4.68. The predicted molar refractivity (Wildman–Crippen MR) is 75.9 cm³/mol. The number of ether oxygens (including phenoxy) is 1. The van der Waals surface area contributed by atoms with Crippen LogP contribution in [0.3, 0.4) is 0 Å². The van der Waals surface area contributed by atoms with Crippen molar-refractivity contribution in [3.05, 3.63) is 33.3 Å². The van der Waals surface area contributed by atoms with Gasteiger partial charge in [-0.3, -0.25) is 10.1 Å². The molecule has 1 heterocycles. The number of nitro benzene ring substituents is 1. The van der Waals surface area contributed by atoms with E-state index >= 15 is 0 Å². The first-order valence-corrected chi connectivity index (χ1v) is 8.01. The van der Waals surface area contributed by atoms with Crippen molar-refractivity contribution in [1.82, 2.24) is 10.0 Å². The zero-order valence-electron chi connectivity index (χ0n) is 10.9. The average molecular weight is 336 g/mol. The molecule has 1 unspecified atom stereocenters. The van der Waals surface area contributed by atoms with Crippen LogP contribution in [0, 0.1) is 10.1 Å². The monoisotopic (exact) mass is 335 g/mol. The van der Waals surface area contributed by atoms with Gasteiger partial charge in [-0.05, 0) is 12.1 Å². The van der Waals surface area contributed by atoms with E-state index in [1.165, 1.54) is 12.1 Å². The Hall–Kier alpha value is -1.26. The van der Waals surface area contributed by atoms with Gasteiger partial charge in [0.25, 0.3) is 5.69 Å². The quantitative estimate of drug-likeness (QED) is 0.599. The highest BCUT2D eigenvalue weighted by Gasteiger charge is 2.22. The van der Waals surface area contributed by atoms with E-state index in [9.17, 15) is 18.5 Å². The first kappa shape index (κ1) is 16.1. The molecule has 1 fully saturated rings. The third kappa shape index (κ3) is 4.11. The van der Waals surface area contributed by atoms with Gasteiger partial charge in [0.15, 0.2) is 0 Å². The van der Waals surface area contributed by atoms with Crippen LogP contribution in [-0.4, -0.2) is 45.7 Å². The molecule has 2 rings (SSSR count). The van der Waals surface area contributed by atoms with Gasteiger partial charge in [-0.1, -0.05) is 11.6 Å². The van der Waals surface area contributed by atoms with E-state index in [1.807, 2.05) is 0 Å². The summed E-state index contributed by atoms with van der Waals surface area (Å²) in [6.07, 6.45) is 0. The maximum Gasteiger partial charge on any atom is 0.289 e. The Morgan fingerprint density at radius 1 is 1.52 bits per heavy atom. The SMILES string of the molecule is O=[N+]([O-])c1cc(S(=O)(=O)NCC2COCCN2)ccc1Cl. The molecule has 21 heavy (non-hydrogen) atoms. The zero-order valence-corrected chi connectivity index (χ0v) is 12.5. The Kier molecular flexibility index (Phi) is 5.12. The van der Waals surface area contributed by atoms with E-state index in [0.717, 1.165) is 6.07 Å². The molecule has 0 bridgehead atoms. The summed E-state index contributed by atoms with van der Waals surface area (Å²) in [6.45, 7) is 1.79. The summed E-state index contributed by atoms with van der Waals surface area (Å²) in [6, 6.07) is 3.23. The van der Waals surface area contributed by atoms with E-state index in [4.69, 9.17) is 16.3 Å². The van der Waals surface area contributed by atoms with Gasteiger partial charge in [0.1, 0.15) is 5.02 Å². The van der Waals surface area contributed by atoms with Crippen LogP contribution in [0.25, 0.3) is 0 Å². The number of hydrogen-bond donors (Lipinski definition) is 2. The Labute approximate surface area is 126 Å². The Morgan fingerprint density at radius 3 is 2.90 bits per heavy atom. The molecular weight excluding hydrogens is 322 g/mol. The number of hydrogen-bond acceptors (Lipinski definition) is 6. The van der Waals surface area contributed by atoms with Crippen molar-refractivity contribution in [2.45, 2.75) is 10.9 Å². The number of morpholine rings is 1. The molecule has 0 spiro atoms. The highest BCUT2D eigenvalue weighted by atomic mass is 35.5. The summed E-state index contributed by atoms with van der Waals surface area (Å²) in [7, 11) is -3.84. The molecule has 1 aromatic carbocycles. The second-order valence-corrected chi connectivity index (χ2v) is 6.62. The van der Waals surface area contributed by atoms with Gasteiger partial charge in [-0.2, -0.15) is 0 Å². The minimum atomic E-state index is -3.84. The summed E-state index contributed by atoms with van der Waals surface area (Å²) in [4.78, 5) is 9.86. The van der Waals surface area contributed by atoms with Crippen LogP contribution in [0.2, 0.25) is 5.02 Å². The molecular formula is C11H14ClN3O5S. The Bertz CT molecular complexity index is 631. The minimum absolute atomic E-state index is 0.110. The van der Waals surface area contributed by atoms with Crippen molar-refractivity contribution in [2.75, 3.05) is 26.3 Å². The average Bonchev–Trinajstić information content (AvgIpc) is 2.46. The van der Waals surface area contributed by atoms with Gasteiger partial charge < -0.3 is 10.1 Å². The fraction of sp³-hybridized carbons (Fsp3) is 0.455. The number of benzene rings is 1. The largest absolute Gasteiger partial charge is 0.378 e. The van der Waals surface area contributed by atoms with Crippen molar-refractivity contribution < 1.29 is 18.1 Å². The lowest BCUT2D eigenvalue weighted by atomic mass is 10.3.